The second-order valence-corrected chi connectivity index (χ2v) is 5.45. The van der Waals surface area contributed by atoms with E-state index in [1.54, 1.807) is 0 Å². The molecule has 0 rings (SSSR count). The monoisotopic (exact) mass is 270 g/mol. The van der Waals surface area contributed by atoms with Gasteiger partial charge in [-0.3, -0.25) is 0 Å². The molecule has 0 amide bonds. The Morgan fingerprint density at radius 2 is 1.33 bits per heavy atom. The molecular formula is C2H3Cl5CrO. The van der Waals surface area contributed by atoms with E-state index in [4.69, 9.17) is 60.0 Å². The van der Waals surface area contributed by atoms with Crippen LogP contribution in [-0.4, -0.2) is 15.5 Å². The van der Waals surface area contributed by atoms with Crippen LogP contribution in [0.25, 0.3) is 0 Å². The van der Waals surface area contributed by atoms with Crippen molar-refractivity contribution in [1.82, 2.24) is 0 Å². The van der Waals surface area contributed by atoms with Crippen LogP contribution >= 0.6 is 54.9 Å². The predicted octanol–water partition coefficient (Wildman–Crippen LogP) is 2.73. The third kappa shape index (κ3) is 25.7. The summed E-state index contributed by atoms with van der Waals surface area (Å²) in [4.78, 5) is 0. The van der Waals surface area contributed by atoms with Gasteiger partial charge in [0.05, 0.1) is 6.61 Å². The standard InChI is InChI=1S/C2H3Cl3O.2ClH.Cr/c3-2(4,5)1-6;;;/h6H,1H2;2*1H;/q;;;+2/p-2. The summed E-state index contributed by atoms with van der Waals surface area (Å²) in [5.74, 6) is 0. The first-order valence-corrected chi connectivity index (χ1v) is 6.19. The van der Waals surface area contributed by atoms with Crippen LogP contribution in [0.3, 0.4) is 0 Å². The van der Waals surface area contributed by atoms with Crippen LogP contribution in [0, 0.1) is 0 Å². The summed E-state index contributed by atoms with van der Waals surface area (Å²) >= 11 is 14.8. The molecule has 0 saturated heterocycles. The first kappa shape index (κ1) is 13.5. The van der Waals surface area contributed by atoms with Crippen molar-refractivity contribution < 1.29 is 18.5 Å². The Kier molecular flexibility index (Phi) is 12.1. The van der Waals surface area contributed by atoms with Gasteiger partial charge in [0, 0.05) is 0 Å². The first-order valence-electron chi connectivity index (χ1n) is 1.55. The summed E-state index contributed by atoms with van der Waals surface area (Å²) in [5, 5.41) is 8.01. The molecule has 1 N–H and O–H groups in total. The molecule has 0 aliphatic carbocycles. The van der Waals surface area contributed by atoms with Crippen LogP contribution < -0.4 is 0 Å². The van der Waals surface area contributed by atoms with E-state index in [1.807, 2.05) is 0 Å². The molecule has 0 aromatic carbocycles. The van der Waals surface area contributed by atoms with Crippen molar-refractivity contribution in [3.05, 3.63) is 0 Å². The fourth-order valence-electron chi connectivity index (χ4n) is 0. The van der Waals surface area contributed by atoms with E-state index in [9.17, 15) is 0 Å². The first-order chi connectivity index (χ1) is 3.97. The molecule has 0 fully saturated rings. The van der Waals surface area contributed by atoms with Gasteiger partial charge >= 0.3 is 33.5 Å². The van der Waals surface area contributed by atoms with Crippen LogP contribution in [0.5, 0.6) is 0 Å². The molecule has 7 heteroatoms. The fraction of sp³-hybridized carbons (Fsp3) is 1.00. The van der Waals surface area contributed by atoms with Crippen molar-refractivity contribution in [3.8, 4) is 0 Å². The summed E-state index contributed by atoms with van der Waals surface area (Å²) in [7, 11) is 9.65. The normalized spacial score (nSPS) is 10.0. The topological polar surface area (TPSA) is 20.2 Å². The molecule has 0 aromatic heterocycles. The molecule has 0 aliphatic heterocycles. The predicted molar refractivity (Wildman–Crippen MR) is 39.1 cm³/mol. The number of aliphatic hydroxyl groups is 1. The van der Waals surface area contributed by atoms with Crippen molar-refractivity contribution >= 4 is 54.9 Å². The molecule has 9 heavy (non-hydrogen) atoms. The molecule has 0 bridgehead atoms. The van der Waals surface area contributed by atoms with Gasteiger partial charge in [-0.25, -0.2) is 0 Å². The molecule has 0 spiro atoms. The summed E-state index contributed by atoms with van der Waals surface area (Å²) in [6.45, 7) is -0.433. The average Bonchev–Trinajstić information content (AvgIpc) is 1.67. The Labute approximate surface area is 83.3 Å². The van der Waals surface area contributed by atoms with Gasteiger partial charge in [-0.05, 0) is 0 Å². The van der Waals surface area contributed by atoms with Gasteiger partial charge in [-0.1, -0.05) is 34.8 Å². The Balaban J connectivity index is 0. The minimum atomic E-state index is -1.49. The number of aliphatic hydroxyl groups excluding tert-OH is 1. The minimum absolute atomic E-state index is 0.181. The summed E-state index contributed by atoms with van der Waals surface area (Å²) in [6.07, 6.45) is 0. The Morgan fingerprint density at radius 3 is 1.33 bits per heavy atom. The second-order valence-electron chi connectivity index (χ2n) is 0.832. The zero-order chi connectivity index (χ0) is 7.91. The Hall–Kier alpha value is 1.94. The molecule has 1 nitrogen and oxygen atoms in total. The SMILES string of the molecule is OCC(Cl)(Cl)Cl.[Cl][Cr][Cl]. The Morgan fingerprint density at radius 1 is 1.22 bits per heavy atom. The second kappa shape index (κ2) is 8.04. The van der Waals surface area contributed by atoms with Crippen LogP contribution in [0.1, 0.15) is 0 Å². The maximum atomic E-state index is 8.01. The fourth-order valence-corrected chi connectivity index (χ4v) is 0. The third-order valence-electron chi connectivity index (χ3n) is 0.179. The van der Waals surface area contributed by atoms with Crippen LogP contribution in [0.2, 0.25) is 0 Å². The molecule has 0 atom stereocenters. The van der Waals surface area contributed by atoms with Gasteiger partial charge in [-0.15, -0.1) is 0 Å². The van der Waals surface area contributed by atoms with Crippen molar-refractivity contribution in [1.29, 1.82) is 0 Å². The van der Waals surface area contributed by atoms with Crippen LogP contribution in [-0.2, 0) is 13.4 Å². The van der Waals surface area contributed by atoms with Crippen LogP contribution in [0.15, 0.2) is 0 Å². The van der Waals surface area contributed by atoms with Gasteiger partial charge in [-0.2, -0.15) is 0 Å². The molecule has 0 radical (unpaired) electrons. The number of alkyl halides is 3. The molecule has 0 heterocycles. The van der Waals surface area contributed by atoms with Gasteiger partial charge in [0.25, 0.3) is 0 Å². The number of rotatable bonds is 0. The van der Waals surface area contributed by atoms with E-state index in [0.717, 1.165) is 0 Å². The molecule has 0 aromatic rings. The van der Waals surface area contributed by atoms with Crippen molar-refractivity contribution in [3.63, 3.8) is 0 Å². The maximum absolute atomic E-state index is 8.01. The zero-order valence-electron chi connectivity index (χ0n) is 3.95. The summed E-state index contributed by atoms with van der Waals surface area (Å²) in [6, 6.07) is 0. The van der Waals surface area contributed by atoms with E-state index >= 15 is 0 Å². The van der Waals surface area contributed by atoms with E-state index < -0.39 is 10.4 Å². The quantitative estimate of drug-likeness (QED) is 0.672. The van der Waals surface area contributed by atoms with Crippen molar-refractivity contribution in [2.24, 2.45) is 0 Å². The molecule has 0 unspecified atom stereocenters. The van der Waals surface area contributed by atoms with Gasteiger partial charge in [0.1, 0.15) is 0 Å². The van der Waals surface area contributed by atoms with E-state index in [0.29, 0.717) is 0 Å². The number of hydrogen-bond acceptors (Lipinski definition) is 1. The number of hydrogen-bond donors (Lipinski definition) is 1. The van der Waals surface area contributed by atoms with Gasteiger partial charge in [0.15, 0.2) is 0 Å². The Bertz CT molecular complexity index is 53.4. The summed E-state index contributed by atoms with van der Waals surface area (Å²) in [5.41, 5.74) is 0. The third-order valence-corrected chi connectivity index (χ3v) is 0.538. The molecular weight excluding hydrogens is 269 g/mol. The van der Waals surface area contributed by atoms with Gasteiger partial charge in [0.2, 0.25) is 3.79 Å². The summed E-state index contributed by atoms with van der Waals surface area (Å²) < 4.78 is -1.49. The zero-order valence-corrected chi connectivity index (χ0v) is 9.01. The number of halogens is 5. The van der Waals surface area contributed by atoms with E-state index in [1.165, 1.54) is 0 Å². The molecule has 0 saturated carbocycles. The molecule has 58 valence electrons. The average molecular weight is 272 g/mol. The van der Waals surface area contributed by atoms with E-state index in [2.05, 4.69) is 0 Å². The van der Waals surface area contributed by atoms with E-state index in [-0.39, 0.29) is 13.4 Å². The molecule has 0 aliphatic rings. The van der Waals surface area contributed by atoms with Crippen molar-refractivity contribution in [2.75, 3.05) is 6.61 Å². The van der Waals surface area contributed by atoms with Crippen LogP contribution in [0.4, 0.5) is 0 Å². The van der Waals surface area contributed by atoms with Crippen molar-refractivity contribution in [2.45, 2.75) is 3.79 Å². The van der Waals surface area contributed by atoms with Gasteiger partial charge < -0.3 is 5.11 Å².